The van der Waals surface area contributed by atoms with Crippen LogP contribution in [0.5, 0.6) is 0 Å². The van der Waals surface area contributed by atoms with Crippen molar-refractivity contribution >= 4 is 5.97 Å². The van der Waals surface area contributed by atoms with Gasteiger partial charge in [0.15, 0.2) is 0 Å². The Labute approximate surface area is 222 Å². The average Bonchev–Trinajstić information content (AvgIpc) is 3.30. The highest BCUT2D eigenvalue weighted by Crippen LogP contribution is 2.34. The van der Waals surface area contributed by atoms with Crippen molar-refractivity contribution < 1.29 is 18.7 Å². The van der Waals surface area contributed by atoms with Gasteiger partial charge in [0.2, 0.25) is 5.82 Å². The van der Waals surface area contributed by atoms with Crippen LogP contribution in [0.25, 0.3) is 16.9 Å². The molecule has 0 spiro atoms. The molecular weight excluding hydrogens is 484 g/mol. The van der Waals surface area contributed by atoms with Crippen molar-refractivity contribution in [3.05, 3.63) is 100 Å². The van der Waals surface area contributed by atoms with Gasteiger partial charge in [0.05, 0.1) is 28.2 Å². The lowest BCUT2D eigenvalue weighted by Gasteiger charge is -2.23. The number of aromatic carboxylic acids is 1. The molecule has 2 aromatic heterocycles. The Morgan fingerprint density at radius 3 is 2.26 bits per heavy atom. The second kappa shape index (κ2) is 10.5. The first-order valence-electron chi connectivity index (χ1n) is 12.8. The smallest absolute Gasteiger partial charge is 0.372 e. The molecule has 1 N–H and O–H groups in total. The Bertz CT molecular complexity index is 1480. The molecule has 0 aliphatic carbocycles. The molecule has 0 fully saturated rings. The summed E-state index contributed by atoms with van der Waals surface area (Å²) in [5.74, 6) is -2.07. The molecule has 0 aliphatic heterocycles. The summed E-state index contributed by atoms with van der Waals surface area (Å²) in [6.45, 7) is 11.7. The van der Waals surface area contributed by atoms with Crippen molar-refractivity contribution in [2.24, 2.45) is 5.92 Å². The van der Waals surface area contributed by atoms with Gasteiger partial charge in [-0.1, -0.05) is 38.1 Å². The second-order valence-electron chi connectivity index (χ2n) is 10.7. The van der Waals surface area contributed by atoms with Gasteiger partial charge in [0.25, 0.3) is 0 Å². The summed E-state index contributed by atoms with van der Waals surface area (Å²) in [7, 11) is 0. The van der Waals surface area contributed by atoms with E-state index in [-0.39, 0.29) is 17.0 Å². The van der Waals surface area contributed by atoms with Crippen LogP contribution in [0.4, 0.5) is 8.78 Å². The molecule has 5 nitrogen and oxygen atoms in total. The quantitative estimate of drug-likeness (QED) is 0.264. The highest BCUT2D eigenvalue weighted by molar-refractivity contribution is 5.85. The van der Waals surface area contributed by atoms with Crippen LogP contribution in [-0.4, -0.2) is 25.6 Å². The number of carboxylic acids is 1. The molecule has 7 heteroatoms. The van der Waals surface area contributed by atoms with E-state index in [0.717, 1.165) is 16.8 Å². The fraction of sp³-hybridized carbons (Fsp3) is 0.323. The van der Waals surface area contributed by atoms with Crippen molar-refractivity contribution in [3.8, 4) is 16.9 Å². The van der Waals surface area contributed by atoms with E-state index >= 15 is 4.39 Å². The van der Waals surface area contributed by atoms with E-state index in [4.69, 9.17) is 4.98 Å². The van der Waals surface area contributed by atoms with Crippen LogP contribution >= 0.6 is 0 Å². The van der Waals surface area contributed by atoms with E-state index in [2.05, 4.69) is 4.98 Å². The van der Waals surface area contributed by atoms with E-state index in [1.54, 1.807) is 22.9 Å². The van der Waals surface area contributed by atoms with Gasteiger partial charge in [-0.15, -0.1) is 0 Å². The molecule has 0 bridgehead atoms. The van der Waals surface area contributed by atoms with Crippen molar-refractivity contribution in [2.75, 3.05) is 0 Å². The Balaban J connectivity index is 1.79. The first-order chi connectivity index (χ1) is 17.9. The van der Waals surface area contributed by atoms with Gasteiger partial charge in [0.1, 0.15) is 11.6 Å². The minimum absolute atomic E-state index is 0.0705. The molecule has 0 unspecified atom stereocenters. The maximum Gasteiger partial charge on any atom is 0.372 e. The third-order valence-electron chi connectivity index (χ3n) is 7.04. The SMILES string of the molecule is Cc1cccc(C)c1-n1cc(C(C)(C)c2cccc(-c3ccc(F)c(CCC(C)C)c3F)n2)nc1C(=O)O. The number of imidazole rings is 1. The molecule has 4 rings (SSSR count). The third kappa shape index (κ3) is 5.10. The van der Waals surface area contributed by atoms with Crippen LogP contribution in [0.3, 0.4) is 0 Å². The van der Waals surface area contributed by atoms with Crippen LogP contribution < -0.4 is 0 Å². The van der Waals surface area contributed by atoms with Crippen molar-refractivity contribution in [1.29, 1.82) is 0 Å². The van der Waals surface area contributed by atoms with E-state index in [9.17, 15) is 14.3 Å². The molecule has 4 aromatic rings. The fourth-order valence-electron chi connectivity index (χ4n) is 4.71. The normalized spacial score (nSPS) is 11.8. The fourth-order valence-corrected chi connectivity index (χ4v) is 4.71. The lowest BCUT2D eigenvalue weighted by Crippen LogP contribution is -2.21. The largest absolute Gasteiger partial charge is 0.475 e. The van der Waals surface area contributed by atoms with Crippen molar-refractivity contribution in [2.45, 2.75) is 59.8 Å². The van der Waals surface area contributed by atoms with Gasteiger partial charge in [-0.05, 0) is 81.8 Å². The number of aryl methyl sites for hydroxylation is 2. The van der Waals surface area contributed by atoms with E-state index < -0.39 is 23.0 Å². The third-order valence-corrected chi connectivity index (χ3v) is 7.04. The van der Waals surface area contributed by atoms with Gasteiger partial charge in [-0.25, -0.2) is 18.6 Å². The summed E-state index contributed by atoms with van der Waals surface area (Å²) in [5.41, 5.74) is 3.60. The minimum atomic E-state index is -1.14. The zero-order chi connectivity index (χ0) is 27.8. The Hall–Kier alpha value is -3.87. The van der Waals surface area contributed by atoms with Crippen LogP contribution in [-0.2, 0) is 11.8 Å². The van der Waals surface area contributed by atoms with Crippen LogP contribution in [0.2, 0.25) is 0 Å². The number of nitrogens with zero attached hydrogens (tertiary/aromatic N) is 3. The monoisotopic (exact) mass is 517 g/mol. The molecule has 0 aliphatic rings. The van der Waals surface area contributed by atoms with Gasteiger partial charge >= 0.3 is 5.97 Å². The second-order valence-corrected chi connectivity index (χ2v) is 10.7. The standard InChI is InChI=1S/C31H33F2N3O2/c1-18(2)13-14-21-23(32)16-15-22(27(21)33)24-11-8-12-25(34-24)31(5,6)26-17-36(29(35-26)30(37)38)28-19(3)9-7-10-20(28)4/h7-12,15-18H,13-14H2,1-6H3,(H,37,38). The number of rotatable bonds is 8. The van der Waals surface area contributed by atoms with Crippen molar-refractivity contribution in [3.63, 3.8) is 0 Å². The lowest BCUT2D eigenvalue weighted by molar-refractivity contribution is 0.0681. The van der Waals surface area contributed by atoms with E-state index in [1.165, 1.54) is 12.1 Å². The van der Waals surface area contributed by atoms with Crippen LogP contribution in [0.1, 0.15) is 72.8 Å². The average molecular weight is 518 g/mol. The highest BCUT2D eigenvalue weighted by atomic mass is 19.1. The van der Waals surface area contributed by atoms with Gasteiger partial charge in [-0.3, -0.25) is 9.55 Å². The van der Waals surface area contributed by atoms with Gasteiger partial charge in [-0.2, -0.15) is 0 Å². The van der Waals surface area contributed by atoms with Crippen molar-refractivity contribution in [1.82, 2.24) is 14.5 Å². The molecule has 38 heavy (non-hydrogen) atoms. The molecule has 2 aromatic carbocycles. The Morgan fingerprint density at radius 2 is 1.63 bits per heavy atom. The summed E-state index contributed by atoms with van der Waals surface area (Å²) in [5, 5.41) is 9.94. The van der Waals surface area contributed by atoms with Crippen LogP contribution in [0.15, 0.2) is 54.7 Å². The molecule has 0 atom stereocenters. The highest BCUT2D eigenvalue weighted by Gasteiger charge is 2.31. The van der Waals surface area contributed by atoms with E-state index in [0.29, 0.717) is 35.8 Å². The number of para-hydroxylation sites is 1. The zero-order valence-electron chi connectivity index (χ0n) is 22.6. The molecular formula is C31H33F2N3O2. The zero-order valence-corrected chi connectivity index (χ0v) is 22.6. The molecule has 0 radical (unpaired) electrons. The summed E-state index contributed by atoms with van der Waals surface area (Å²) >= 11 is 0. The molecule has 2 heterocycles. The summed E-state index contributed by atoms with van der Waals surface area (Å²) in [4.78, 5) is 21.4. The van der Waals surface area contributed by atoms with Gasteiger partial charge in [0, 0.05) is 17.3 Å². The summed E-state index contributed by atoms with van der Waals surface area (Å²) in [6, 6.07) is 13.8. The first-order valence-corrected chi connectivity index (χ1v) is 12.8. The lowest BCUT2D eigenvalue weighted by atomic mass is 9.85. The Morgan fingerprint density at radius 1 is 0.974 bits per heavy atom. The molecule has 198 valence electrons. The van der Waals surface area contributed by atoms with E-state index in [1.807, 2.05) is 65.8 Å². The van der Waals surface area contributed by atoms with Crippen LogP contribution in [0, 0.1) is 31.4 Å². The Kier molecular flexibility index (Phi) is 7.49. The predicted octanol–water partition coefficient (Wildman–Crippen LogP) is 7.44. The number of halogens is 2. The molecule has 0 saturated carbocycles. The predicted molar refractivity (Wildman–Crippen MR) is 145 cm³/mol. The number of carboxylic acid groups (broad SMARTS) is 1. The number of benzene rings is 2. The summed E-state index contributed by atoms with van der Waals surface area (Å²) in [6.07, 6.45) is 2.71. The number of hydrogen-bond acceptors (Lipinski definition) is 3. The topological polar surface area (TPSA) is 68.0 Å². The maximum absolute atomic E-state index is 15.5. The molecule has 0 amide bonds. The number of pyridine rings is 1. The first kappa shape index (κ1) is 27.2. The number of aromatic nitrogens is 3. The van der Waals surface area contributed by atoms with Gasteiger partial charge < -0.3 is 5.11 Å². The molecule has 0 saturated heterocycles. The maximum atomic E-state index is 15.5. The number of carbonyl (C=O) groups is 1. The summed E-state index contributed by atoms with van der Waals surface area (Å²) < 4.78 is 31.5. The number of hydrogen-bond donors (Lipinski definition) is 1. The minimum Gasteiger partial charge on any atom is -0.475 e.